The highest BCUT2D eigenvalue weighted by Gasteiger charge is 2.12. The van der Waals surface area contributed by atoms with Gasteiger partial charge in [-0.2, -0.15) is 0 Å². The third-order valence-corrected chi connectivity index (χ3v) is 4.88. The first-order chi connectivity index (χ1) is 9.24. The summed E-state index contributed by atoms with van der Waals surface area (Å²) < 4.78 is 0. The van der Waals surface area contributed by atoms with Gasteiger partial charge in [-0.1, -0.05) is 32.1 Å². The van der Waals surface area contributed by atoms with Crippen LogP contribution in [0, 0.1) is 5.92 Å². The largest absolute Gasteiger partial charge is 0.481 e. The minimum Gasteiger partial charge on any atom is -0.481 e. The summed E-state index contributed by atoms with van der Waals surface area (Å²) in [5.41, 5.74) is 0. The smallest absolute Gasteiger partial charge is 0.308 e. The second-order valence-corrected chi connectivity index (χ2v) is 6.66. The Morgan fingerprint density at radius 2 is 2.00 bits per heavy atom. The number of thiophene rings is 1. The van der Waals surface area contributed by atoms with Gasteiger partial charge in [0.15, 0.2) is 0 Å². The molecule has 1 saturated carbocycles. The van der Waals surface area contributed by atoms with Crippen LogP contribution in [0.4, 0.5) is 0 Å². The van der Waals surface area contributed by atoms with Crippen molar-refractivity contribution in [3.8, 4) is 0 Å². The third kappa shape index (κ3) is 5.33. The van der Waals surface area contributed by atoms with Crippen LogP contribution in [0.5, 0.6) is 0 Å². The Balaban J connectivity index is 1.62. The Labute approximate surface area is 119 Å². The maximum atomic E-state index is 10.6. The normalized spacial score (nSPS) is 16.6. The molecule has 106 valence electrons. The number of carbonyl (C=O) groups is 1. The molecule has 1 aromatic heterocycles. The van der Waals surface area contributed by atoms with Crippen molar-refractivity contribution in [2.24, 2.45) is 5.92 Å². The summed E-state index contributed by atoms with van der Waals surface area (Å²) >= 11 is 1.60. The summed E-state index contributed by atoms with van der Waals surface area (Å²) in [5, 5.41) is 12.2. The number of carboxylic acid groups (broad SMARTS) is 1. The molecule has 4 heteroatoms. The maximum absolute atomic E-state index is 10.6. The van der Waals surface area contributed by atoms with E-state index in [4.69, 9.17) is 5.11 Å². The molecule has 2 N–H and O–H groups in total. The number of carboxylic acids is 1. The number of hydrogen-bond donors (Lipinski definition) is 2. The summed E-state index contributed by atoms with van der Waals surface area (Å²) in [5.74, 6) is 0.172. The molecule has 0 amide bonds. The van der Waals surface area contributed by atoms with E-state index in [2.05, 4.69) is 5.32 Å². The van der Waals surface area contributed by atoms with E-state index in [9.17, 15) is 4.79 Å². The molecule has 0 aromatic carbocycles. The van der Waals surface area contributed by atoms with Crippen molar-refractivity contribution in [2.45, 2.75) is 51.5 Å². The number of aliphatic carboxylic acids is 1. The Hall–Kier alpha value is -0.870. The lowest BCUT2D eigenvalue weighted by molar-refractivity contribution is -0.136. The molecule has 0 unspecified atom stereocenters. The fourth-order valence-corrected chi connectivity index (χ4v) is 3.73. The summed E-state index contributed by atoms with van der Waals surface area (Å²) in [4.78, 5) is 12.8. The second-order valence-electron chi connectivity index (χ2n) is 5.41. The average molecular weight is 281 g/mol. The van der Waals surface area contributed by atoms with E-state index in [1.807, 2.05) is 12.1 Å². The first-order valence-electron chi connectivity index (χ1n) is 7.24. The van der Waals surface area contributed by atoms with Gasteiger partial charge in [-0.05, 0) is 31.0 Å². The van der Waals surface area contributed by atoms with E-state index in [0.29, 0.717) is 0 Å². The van der Waals surface area contributed by atoms with Crippen LogP contribution in [0.3, 0.4) is 0 Å². The van der Waals surface area contributed by atoms with Gasteiger partial charge in [0, 0.05) is 16.3 Å². The van der Waals surface area contributed by atoms with Gasteiger partial charge in [0.25, 0.3) is 0 Å². The van der Waals surface area contributed by atoms with Crippen LogP contribution in [0.15, 0.2) is 12.1 Å². The third-order valence-electron chi connectivity index (χ3n) is 3.80. The molecule has 0 spiro atoms. The molecular formula is C15H23NO2S. The molecule has 0 saturated heterocycles. The maximum Gasteiger partial charge on any atom is 0.308 e. The fourth-order valence-electron chi connectivity index (χ4n) is 2.75. The van der Waals surface area contributed by atoms with Crippen LogP contribution in [0.25, 0.3) is 0 Å². The standard InChI is InChI=1S/C15H23NO2S/c17-15(18)10-13-6-7-14(19-13)11-16-9-8-12-4-2-1-3-5-12/h6-7,12,16H,1-5,8-11H2,(H,17,18). The molecule has 1 aliphatic rings. The minimum atomic E-state index is -0.751. The van der Waals surface area contributed by atoms with Crippen molar-refractivity contribution in [1.29, 1.82) is 0 Å². The van der Waals surface area contributed by atoms with Crippen LogP contribution in [0.2, 0.25) is 0 Å². The first-order valence-corrected chi connectivity index (χ1v) is 8.06. The summed E-state index contributed by atoms with van der Waals surface area (Å²) in [6.45, 7) is 1.95. The topological polar surface area (TPSA) is 49.3 Å². The summed E-state index contributed by atoms with van der Waals surface area (Å²) in [7, 11) is 0. The molecule has 0 aliphatic heterocycles. The van der Waals surface area contributed by atoms with Gasteiger partial charge in [0.05, 0.1) is 6.42 Å². The molecule has 0 bridgehead atoms. The summed E-state index contributed by atoms with van der Waals surface area (Å²) in [6, 6.07) is 3.97. The van der Waals surface area contributed by atoms with Crippen LogP contribution in [-0.2, 0) is 17.8 Å². The van der Waals surface area contributed by atoms with Crippen molar-refractivity contribution < 1.29 is 9.90 Å². The zero-order chi connectivity index (χ0) is 13.5. The molecule has 0 radical (unpaired) electrons. The molecule has 2 rings (SSSR count). The zero-order valence-corrected chi connectivity index (χ0v) is 12.2. The Bertz CT molecular complexity index is 397. The van der Waals surface area contributed by atoms with Crippen molar-refractivity contribution in [3.63, 3.8) is 0 Å². The van der Waals surface area contributed by atoms with Gasteiger partial charge in [-0.25, -0.2) is 0 Å². The first kappa shape index (κ1) is 14.5. The monoisotopic (exact) mass is 281 g/mol. The molecular weight excluding hydrogens is 258 g/mol. The van der Waals surface area contributed by atoms with Gasteiger partial charge in [-0.15, -0.1) is 11.3 Å². The predicted octanol–water partition coefficient (Wildman–Crippen LogP) is 3.44. The molecule has 1 fully saturated rings. The van der Waals surface area contributed by atoms with Crippen LogP contribution < -0.4 is 5.32 Å². The van der Waals surface area contributed by atoms with E-state index in [-0.39, 0.29) is 6.42 Å². The van der Waals surface area contributed by atoms with E-state index >= 15 is 0 Å². The van der Waals surface area contributed by atoms with E-state index in [1.54, 1.807) is 11.3 Å². The molecule has 1 aliphatic carbocycles. The van der Waals surface area contributed by atoms with E-state index < -0.39 is 5.97 Å². The lowest BCUT2D eigenvalue weighted by atomic mass is 9.87. The zero-order valence-electron chi connectivity index (χ0n) is 11.4. The van der Waals surface area contributed by atoms with Crippen molar-refractivity contribution in [2.75, 3.05) is 6.54 Å². The highest BCUT2D eigenvalue weighted by atomic mass is 32.1. The van der Waals surface area contributed by atoms with Gasteiger partial charge in [-0.3, -0.25) is 4.79 Å². The van der Waals surface area contributed by atoms with Crippen molar-refractivity contribution in [1.82, 2.24) is 5.32 Å². The highest BCUT2D eigenvalue weighted by molar-refractivity contribution is 7.12. The van der Waals surface area contributed by atoms with Gasteiger partial charge < -0.3 is 10.4 Å². The van der Waals surface area contributed by atoms with E-state index in [0.717, 1.165) is 23.9 Å². The predicted molar refractivity (Wildman–Crippen MR) is 78.6 cm³/mol. The SMILES string of the molecule is O=C(O)Cc1ccc(CNCCC2CCCCC2)s1. The van der Waals surface area contributed by atoms with Gasteiger partial charge in [0.1, 0.15) is 0 Å². The number of rotatable bonds is 7. The van der Waals surface area contributed by atoms with Crippen LogP contribution in [0.1, 0.15) is 48.3 Å². The van der Waals surface area contributed by atoms with Gasteiger partial charge >= 0.3 is 5.97 Å². The van der Waals surface area contributed by atoms with Gasteiger partial charge in [0.2, 0.25) is 0 Å². The Morgan fingerprint density at radius 3 is 2.74 bits per heavy atom. The van der Waals surface area contributed by atoms with Crippen molar-refractivity contribution >= 4 is 17.3 Å². The van der Waals surface area contributed by atoms with E-state index in [1.165, 1.54) is 43.4 Å². The quantitative estimate of drug-likeness (QED) is 0.753. The Kier molecular flexibility index (Phi) is 5.86. The van der Waals surface area contributed by atoms with Crippen LogP contribution in [-0.4, -0.2) is 17.6 Å². The molecule has 3 nitrogen and oxygen atoms in total. The highest BCUT2D eigenvalue weighted by Crippen LogP contribution is 2.25. The summed E-state index contributed by atoms with van der Waals surface area (Å²) in [6.07, 6.45) is 8.49. The molecule has 1 aromatic rings. The average Bonchev–Trinajstić information content (AvgIpc) is 2.83. The molecule has 1 heterocycles. The van der Waals surface area contributed by atoms with Crippen molar-refractivity contribution in [3.05, 3.63) is 21.9 Å². The lowest BCUT2D eigenvalue weighted by Gasteiger charge is -2.21. The number of nitrogens with one attached hydrogen (secondary N) is 1. The number of hydrogen-bond acceptors (Lipinski definition) is 3. The fraction of sp³-hybridized carbons (Fsp3) is 0.667. The molecule has 0 atom stereocenters. The molecule has 19 heavy (non-hydrogen) atoms. The Morgan fingerprint density at radius 1 is 1.26 bits per heavy atom. The van der Waals surface area contributed by atoms with Crippen LogP contribution >= 0.6 is 11.3 Å². The second kappa shape index (κ2) is 7.65. The minimum absolute atomic E-state index is 0.146. The lowest BCUT2D eigenvalue weighted by Crippen LogP contribution is -2.18.